The van der Waals surface area contributed by atoms with Gasteiger partial charge >= 0.3 is 6.03 Å². The van der Waals surface area contributed by atoms with Crippen molar-refractivity contribution in [2.45, 2.75) is 45.6 Å². The number of nitrogens with zero attached hydrogens (tertiary/aromatic N) is 1. The molecular weight excluding hydrogens is 396 g/mol. The first kappa shape index (κ1) is 22.7. The molecule has 0 radical (unpaired) electrons. The van der Waals surface area contributed by atoms with Crippen molar-refractivity contribution in [3.8, 4) is 11.5 Å². The van der Waals surface area contributed by atoms with Crippen LogP contribution in [-0.4, -0.2) is 36.7 Å². The van der Waals surface area contributed by atoms with E-state index in [1.807, 2.05) is 12.1 Å². The van der Waals surface area contributed by atoms with Gasteiger partial charge in [0.1, 0.15) is 6.61 Å². The van der Waals surface area contributed by atoms with Crippen molar-refractivity contribution in [2.75, 3.05) is 18.6 Å². The van der Waals surface area contributed by atoms with Crippen molar-refractivity contribution in [3.63, 3.8) is 0 Å². The Kier molecular flexibility index (Phi) is 7.20. The lowest BCUT2D eigenvalue weighted by atomic mass is 10.1. The third-order valence-corrected chi connectivity index (χ3v) is 4.76. The second-order valence-electron chi connectivity index (χ2n) is 8.00. The quantitative estimate of drug-likeness (QED) is 0.634. The number of benzene rings is 2. The van der Waals surface area contributed by atoms with E-state index >= 15 is 0 Å². The number of aliphatic hydroxyl groups is 1. The number of carbonyl (C=O) groups is 1. The largest absolute Gasteiger partial charge is 0.493 e. The summed E-state index contributed by atoms with van der Waals surface area (Å²) in [6, 6.07) is 13.1. The van der Waals surface area contributed by atoms with E-state index in [0.29, 0.717) is 23.8 Å². The maximum Gasteiger partial charge on any atom is 0.328 e. The molecule has 2 amide bonds. The van der Waals surface area contributed by atoms with Crippen LogP contribution in [0.25, 0.3) is 0 Å². The monoisotopic (exact) mass is 426 g/mol. The van der Waals surface area contributed by atoms with Crippen LogP contribution in [0, 0.1) is 0 Å². The Morgan fingerprint density at radius 1 is 1.10 bits per heavy atom. The van der Waals surface area contributed by atoms with Crippen LogP contribution in [0.1, 0.15) is 31.9 Å². The highest BCUT2D eigenvalue weighted by Crippen LogP contribution is 2.33. The number of rotatable bonds is 9. The summed E-state index contributed by atoms with van der Waals surface area (Å²) in [5.74, 6) is 0.960. The van der Waals surface area contributed by atoms with E-state index in [0.717, 1.165) is 12.0 Å². The number of nitrogens with one attached hydrogen (secondary N) is 1. The second kappa shape index (κ2) is 9.85. The van der Waals surface area contributed by atoms with Crippen LogP contribution in [0.3, 0.4) is 0 Å². The molecule has 1 atom stereocenters. The summed E-state index contributed by atoms with van der Waals surface area (Å²) in [6.07, 6.45) is 3.95. The number of hydrogen-bond donors (Lipinski definition) is 2. The summed E-state index contributed by atoms with van der Waals surface area (Å²) in [4.78, 5) is 14.1. The average molecular weight is 427 g/mol. The maximum atomic E-state index is 12.6. The van der Waals surface area contributed by atoms with Crippen LogP contribution < -0.4 is 19.7 Å². The minimum atomic E-state index is -0.966. The van der Waals surface area contributed by atoms with Crippen molar-refractivity contribution < 1.29 is 24.1 Å². The Bertz CT molecular complexity index is 919. The minimum absolute atomic E-state index is 0.118. The lowest BCUT2D eigenvalue weighted by Crippen LogP contribution is -2.46. The van der Waals surface area contributed by atoms with Gasteiger partial charge in [0.05, 0.1) is 25.0 Å². The van der Waals surface area contributed by atoms with E-state index in [4.69, 9.17) is 14.2 Å². The fourth-order valence-corrected chi connectivity index (χ4v) is 3.01. The third-order valence-electron chi connectivity index (χ3n) is 4.76. The molecule has 2 N–H and O–H groups in total. The Labute approximate surface area is 183 Å². The topological polar surface area (TPSA) is 80.3 Å². The Morgan fingerprint density at radius 3 is 2.42 bits per heavy atom. The van der Waals surface area contributed by atoms with E-state index in [-0.39, 0.29) is 12.6 Å². The van der Waals surface area contributed by atoms with Crippen molar-refractivity contribution in [2.24, 2.45) is 0 Å². The number of amides is 2. The molecule has 0 saturated heterocycles. The first-order valence-corrected chi connectivity index (χ1v) is 10.3. The second-order valence-corrected chi connectivity index (χ2v) is 8.00. The minimum Gasteiger partial charge on any atom is -0.493 e. The van der Waals surface area contributed by atoms with Gasteiger partial charge in [-0.15, -0.1) is 0 Å². The molecule has 2 aromatic rings. The summed E-state index contributed by atoms with van der Waals surface area (Å²) in [7, 11) is 1.53. The number of carbonyl (C=O) groups excluding carboxylic acids is 1. The van der Waals surface area contributed by atoms with E-state index in [1.165, 1.54) is 17.6 Å². The first-order chi connectivity index (χ1) is 14.8. The smallest absolute Gasteiger partial charge is 0.328 e. The SMILES string of the molecule is CCc1ccc(COC2C=CN(c3ccc(OCC(C)(C)O)c(OC)c3)C(=O)N2)cc1. The molecule has 1 unspecified atom stereocenters. The van der Waals surface area contributed by atoms with E-state index < -0.39 is 11.8 Å². The molecule has 166 valence electrons. The Balaban J connectivity index is 1.63. The first-order valence-electron chi connectivity index (χ1n) is 10.3. The molecule has 0 spiro atoms. The summed E-state index contributed by atoms with van der Waals surface area (Å²) < 4.78 is 16.8. The average Bonchev–Trinajstić information content (AvgIpc) is 2.76. The van der Waals surface area contributed by atoms with Crippen LogP contribution in [0.15, 0.2) is 54.7 Å². The van der Waals surface area contributed by atoms with E-state index in [9.17, 15) is 9.90 Å². The summed E-state index contributed by atoms with van der Waals surface area (Å²) in [5, 5.41) is 12.7. The van der Waals surface area contributed by atoms with Crippen LogP contribution in [0.2, 0.25) is 0 Å². The number of aryl methyl sites for hydroxylation is 1. The van der Waals surface area contributed by atoms with Gasteiger partial charge in [-0.25, -0.2) is 4.79 Å². The normalized spacial score (nSPS) is 16.2. The Hall–Kier alpha value is -3.03. The lowest BCUT2D eigenvalue weighted by molar-refractivity contribution is 0.0276. The predicted octanol–water partition coefficient (Wildman–Crippen LogP) is 3.99. The molecule has 1 heterocycles. The fourth-order valence-electron chi connectivity index (χ4n) is 3.01. The van der Waals surface area contributed by atoms with Gasteiger partial charge in [-0.2, -0.15) is 0 Å². The molecule has 0 aromatic heterocycles. The molecule has 0 aliphatic carbocycles. The van der Waals surface area contributed by atoms with Gasteiger partial charge in [-0.05, 0) is 49.6 Å². The fraction of sp³-hybridized carbons (Fsp3) is 0.375. The maximum absolute atomic E-state index is 12.6. The molecule has 7 nitrogen and oxygen atoms in total. The number of anilines is 1. The Morgan fingerprint density at radius 2 is 1.81 bits per heavy atom. The van der Waals surface area contributed by atoms with Crippen molar-refractivity contribution in [1.82, 2.24) is 5.32 Å². The highest BCUT2D eigenvalue weighted by molar-refractivity contribution is 5.95. The number of methoxy groups -OCH3 is 1. The molecule has 7 heteroatoms. The van der Waals surface area contributed by atoms with Gasteiger partial charge in [0.25, 0.3) is 0 Å². The van der Waals surface area contributed by atoms with E-state index in [1.54, 1.807) is 44.3 Å². The molecule has 2 aromatic carbocycles. The van der Waals surface area contributed by atoms with E-state index in [2.05, 4.69) is 24.4 Å². The molecule has 0 bridgehead atoms. The summed E-state index contributed by atoms with van der Waals surface area (Å²) in [5.41, 5.74) is 1.98. The molecule has 31 heavy (non-hydrogen) atoms. The number of urea groups is 1. The molecule has 0 fully saturated rings. The zero-order chi connectivity index (χ0) is 22.4. The van der Waals surface area contributed by atoms with Crippen LogP contribution >= 0.6 is 0 Å². The van der Waals surface area contributed by atoms with Gasteiger partial charge in [-0.3, -0.25) is 4.90 Å². The summed E-state index contributed by atoms with van der Waals surface area (Å²) in [6.45, 7) is 5.96. The molecule has 1 aliphatic heterocycles. The molecule has 3 rings (SSSR count). The van der Waals surface area contributed by atoms with Crippen LogP contribution in [-0.2, 0) is 17.8 Å². The predicted molar refractivity (Wildman–Crippen MR) is 119 cm³/mol. The standard InChI is InChI=1S/C24H30N2O5/c1-5-17-6-8-18(9-7-17)15-30-22-12-13-26(23(27)25-22)19-10-11-20(21(14-19)29-4)31-16-24(2,3)28/h6-14,22,28H,5,15-16H2,1-4H3,(H,25,27). The number of hydrogen-bond acceptors (Lipinski definition) is 5. The third kappa shape index (κ3) is 6.23. The van der Waals surface area contributed by atoms with Crippen LogP contribution in [0.4, 0.5) is 10.5 Å². The van der Waals surface area contributed by atoms with Crippen LogP contribution in [0.5, 0.6) is 11.5 Å². The van der Waals surface area contributed by atoms with Gasteiger partial charge < -0.3 is 24.6 Å². The van der Waals surface area contributed by atoms with Crippen molar-refractivity contribution in [3.05, 3.63) is 65.9 Å². The highest BCUT2D eigenvalue weighted by Gasteiger charge is 2.23. The van der Waals surface area contributed by atoms with Gasteiger partial charge in [0.15, 0.2) is 17.7 Å². The highest BCUT2D eigenvalue weighted by atomic mass is 16.5. The zero-order valence-corrected chi connectivity index (χ0v) is 18.4. The van der Waals surface area contributed by atoms with Crippen molar-refractivity contribution >= 4 is 11.7 Å². The summed E-state index contributed by atoms with van der Waals surface area (Å²) >= 11 is 0. The van der Waals surface area contributed by atoms with Crippen molar-refractivity contribution in [1.29, 1.82) is 0 Å². The number of ether oxygens (including phenoxy) is 3. The molecule has 0 saturated carbocycles. The van der Waals surface area contributed by atoms with Gasteiger partial charge in [-0.1, -0.05) is 31.2 Å². The van der Waals surface area contributed by atoms with Gasteiger partial charge in [0.2, 0.25) is 0 Å². The molecular formula is C24H30N2O5. The zero-order valence-electron chi connectivity index (χ0n) is 18.4. The lowest BCUT2D eigenvalue weighted by Gasteiger charge is -2.28. The van der Waals surface area contributed by atoms with Gasteiger partial charge in [0, 0.05) is 12.3 Å². The molecule has 1 aliphatic rings.